The normalized spacial score (nSPS) is 11.1. The largest absolute Gasteiger partial charge is 0.462 e. The van der Waals surface area contributed by atoms with Crippen LogP contribution in [0.3, 0.4) is 0 Å². The summed E-state index contributed by atoms with van der Waals surface area (Å²) in [4.78, 5) is 11.1. The topological polar surface area (TPSA) is 26.3 Å². The fraction of sp³-hybridized carbons (Fsp3) is 0.667. The molecule has 14 heavy (non-hydrogen) atoms. The van der Waals surface area contributed by atoms with Crippen LogP contribution in [0.5, 0.6) is 0 Å². The van der Waals surface area contributed by atoms with Crippen LogP contribution in [-0.2, 0) is 9.53 Å². The molecule has 0 aromatic heterocycles. The monoisotopic (exact) mass is 254 g/mol. The first-order chi connectivity index (χ1) is 6.37. The average molecular weight is 255 g/mol. The molecule has 0 aromatic carbocycles. The molecule has 0 saturated carbocycles. The van der Waals surface area contributed by atoms with E-state index in [-0.39, 0.29) is 5.97 Å². The van der Waals surface area contributed by atoms with E-state index < -0.39 is 6.69 Å². The molecule has 0 aliphatic heterocycles. The van der Waals surface area contributed by atoms with Crippen LogP contribution in [0.1, 0.15) is 19.8 Å². The van der Waals surface area contributed by atoms with E-state index in [1.807, 2.05) is 13.5 Å². The molecule has 0 bridgehead atoms. The molecule has 0 heterocycles. The van der Waals surface area contributed by atoms with Gasteiger partial charge < -0.3 is 4.74 Å². The summed E-state index contributed by atoms with van der Waals surface area (Å²) in [5, 5.41) is 0. The molecule has 0 spiro atoms. The molecule has 0 unspecified atom stereocenters. The Hall–Kier alpha value is 0.00688. The highest BCUT2D eigenvalue weighted by atomic mass is 35.7. The van der Waals surface area contributed by atoms with Gasteiger partial charge in [-0.25, -0.2) is 4.79 Å². The summed E-state index contributed by atoms with van der Waals surface area (Å²) < 4.78 is 4.96. The summed E-state index contributed by atoms with van der Waals surface area (Å²) in [6, 6.07) is 0.738. The maximum Gasteiger partial charge on any atom is 0.333 e. The minimum Gasteiger partial charge on any atom is -0.462 e. The van der Waals surface area contributed by atoms with Gasteiger partial charge in [0.15, 0.2) is 0 Å². The van der Waals surface area contributed by atoms with Gasteiger partial charge in [-0.1, -0.05) is 13.5 Å². The van der Waals surface area contributed by atoms with Crippen LogP contribution in [0.25, 0.3) is 0 Å². The minimum atomic E-state index is -2.03. The molecule has 5 heteroatoms. The zero-order valence-electron chi connectivity index (χ0n) is 8.61. The van der Waals surface area contributed by atoms with Crippen molar-refractivity contribution in [3.63, 3.8) is 0 Å². The molecular weight excluding hydrogens is 239 g/mol. The number of carbonyl (C=O) groups excluding carboxylic acids is 1. The summed E-state index contributed by atoms with van der Waals surface area (Å²) in [6.07, 6.45) is 1.34. The van der Waals surface area contributed by atoms with Crippen molar-refractivity contribution in [2.75, 3.05) is 6.61 Å². The van der Waals surface area contributed by atoms with E-state index in [0.717, 1.165) is 12.5 Å². The van der Waals surface area contributed by atoms with Crippen LogP contribution in [0, 0.1) is 0 Å². The fourth-order valence-corrected chi connectivity index (χ4v) is 2.36. The molecule has 0 rings (SSSR count). The Morgan fingerprint density at radius 2 is 2.07 bits per heavy atom. The van der Waals surface area contributed by atoms with E-state index >= 15 is 0 Å². The lowest BCUT2D eigenvalue weighted by Crippen LogP contribution is -2.14. The highest BCUT2D eigenvalue weighted by molar-refractivity contribution is 7.44. The number of rotatable bonds is 6. The Kier molecular flexibility index (Phi) is 6.49. The molecule has 82 valence electrons. The van der Waals surface area contributed by atoms with Crippen molar-refractivity contribution < 1.29 is 9.53 Å². The first-order valence-corrected chi connectivity index (χ1v) is 9.32. The van der Waals surface area contributed by atoms with Gasteiger partial charge in [0.1, 0.15) is 0 Å². The van der Waals surface area contributed by atoms with Crippen LogP contribution < -0.4 is 0 Å². The molecule has 0 aromatic rings. The summed E-state index contributed by atoms with van der Waals surface area (Å²) in [6.45, 7) is 5.64. The molecule has 0 amide bonds. The molecular formula is C9H16Cl2O2Si. The fourth-order valence-electron chi connectivity index (χ4n) is 0.794. The molecule has 0 saturated heterocycles. The number of ether oxygens (including phenoxy) is 1. The van der Waals surface area contributed by atoms with Crippen LogP contribution in [0.2, 0.25) is 12.6 Å². The molecule has 0 radical (unpaired) electrons. The number of esters is 1. The van der Waals surface area contributed by atoms with Gasteiger partial charge in [0.2, 0.25) is 6.69 Å². The predicted octanol–water partition coefficient (Wildman–Crippen LogP) is 3.44. The second-order valence-corrected chi connectivity index (χ2v) is 11.5. The van der Waals surface area contributed by atoms with Crippen molar-refractivity contribution in [1.29, 1.82) is 0 Å². The van der Waals surface area contributed by atoms with E-state index in [0.29, 0.717) is 18.6 Å². The number of hydrogen-bond donors (Lipinski definition) is 0. The van der Waals surface area contributed by atoms with Gasteiger partial charge in [0.05, 0.1) is 6.61 Å². The zero-order chi connectivity index (χ0) is 11.2. The van der Waals surface area contributed by atoms with E-state index in [9.17, 15) is 4.79 Å². The SMILES string of the molecule is C=C(CC)C(=O)OCCC[Si](C)(Cl)Cl. The Morgan fingerprint density at radius 3 is 2.50 bits per heavy atom. The lowest BCUT2D eigenvalue weighted by Gasteiger charge is -2.10. The lowest BCUT2D eigenvalue weighted by atomic mass is 10.2. The third-order valence-electron chi connectivity index (χ3n) is 1.71. The molecule has 2 nitrogen and oxygen atoms in total. The average Bonchev–Trinajstić information content (AvgIpc) is 2.09. The van der Waals surface area contributed by atoms with Crippen LogP contribution >= 0.6 is 22.2 Å². The Labute approximate surface area is 95.6 Å². The van der Waals surface area contributed by atoms with Gasteiger partial charge in [0, 0.05) is 5.57 Å². The predicted molar refractivity (Wildman–Crippen MR) is 63.1 cm³/mol. The van der Waals surface area contributed by atoms with Crippen molar-refractivity contribution in [1.82, 2.24) is 0 Å². The molecule has 0 fully saturated rings. The number of hydrogen-bond acceptors (Lipinski definition) is 2. The van der Waals surface area contributed by atoms with Crippen molar-refractivity contribution in [3.05, 3.63) is 12.2 Å². The highest BCUT2D eigenvalue weighted by Crippen LogP contribution is 2.21. The minimum absolute atomic E-state index is 0.319. The molecule has 0 aliphatic rings. The standard InChI is InChI=1S/C9H16Cl2O2Si/c1-4-8(2)9(12)13-6-5-7-14(3,10)11/h2,4-7H2,1,3H3. The third kappa shape index (κ3) is 7.41. The van der Waals surface area contributed by atoms with E-state index in [1.165, 1.54) is 0 Å². The maximum atomic E-state index is 11.1. The molecule has 0 N–H and O–H groups in total. The second-order valence-electron chi connectivity index (χ2n) is 3.27. The van der Waals surface area contributed by atoms with Crippen LogP contribution in [0.4, 0.5) is 0 Å². The van der Waals surface area contributed by atoms with Crippen molar-refractivity contribution >= 4 is 34.8 Å². The summed E-state index contributed by atoms with van der Waals surface area (Å²) >= 11 is 11.8. The lowest BCUT2D eigenvalue weighted by molar-refractivity contribution is -0.139. The quantitative estimate of drug-likeness (QED) is 0.239. The molecule has 0 atom stereocenters. The summed E-state index contributed by atoms with van der Waals surface area (Å²) in [5.41, 5.74) is 0.502. The van der Waals surface area contributed by atoms with Gasteiger partial charge in [-0.15, -0.1) is 22.2 Å². The summed E-state index contributed by atoms with van der Waals surface area (Å²) in [7, 11) is 0. The van der Waals surface area contributed by atoms with Gasteiger partial charge in [0.25, 0.3) is 0 Å². The Balaban J connectivity index is 3.56. The zero-order valence-corrected chi connectivity index (χ0v) is 11.1. The number of halogens is 2. The van der Waals surface area contributed by atoms with Gasteiger partial charge in [-0.2, -0.15) is 0 Å². The third-order valence-corrected chi connectivity index (χ3v) is 4.07. The Morgan fingerprint density at radius 1 is 1.50 bits per heavy atom. The van der Waals surface area contributed by atoms with Crippen molar-refractivity contribution in [3.8, 4) is 0 Å². The van der Waals surface area contributed by atoms with E-state index in [2.05, 4.69) is 6.58 Å². The van der Waals surface area contributed by atoms with E-state index in [4.69, 9.17) is 26.9 Å². The van der Waals surface area contributed by atoms with Crippen LogP contribution in [-0.4, -0.2) is 19.3 Å². The number of carbonyl (C=O) groups is 1. The van der Waals surface area contributed by atoms with Gasteiger partial charge >= 0.3 is 5.97 Å². The Bertz CT molecular complexity index is 211. The maximum absolute atomic E-state index is 11.1. The van der Waals surface area contributed by atoms with Crippen molar-refractivity contribution in [2.24, 2.45) is 0 Å². The highest BCUT2D eigenvalue weighted by Gasteiger charge is 2.20. The van der Waals surface area contributed by atoms with E-state index in [1.54, 1.807) is 0 Å². The van der Waals surface area contributed by atoms with Crippen LogP contribution in [0.15, 0.2) is 12.2 Å². The first kappa shape index (κ1) is 14.0. The van der Waals surface area contributed by atoms with Gasteiger partial charge in [-0.05, 0) is 25.4 Å². The summed E-state index contributed by atoms with van der Waals surface area (Å²) in [5.74, 6) is -0.319. The second kappa shape index (κ2) is 6.48. The van der Waals surface area contributed by atoms with Gasteiger partial charge in [-0.3, -0.25) is 0 Å². The van der Waals surface area contributed by atoms with Crippen molar-refractivity contribution in [2.45, 2.75) is 32.4 Å². The smallest absolute Gasteiger partial charge is 0.333 e. The first-order valence-electron chi connectivity index (χ1n) is 4.59. The molecule has 0 aliphatic carbocycles.